The SMILES string of the molecule is C[C@H]1[C@@H](O)[C@@H](C)C=C[C@H]1OCc1ccccc1. The van der Waals surface area contributed by atoms with Crippen molar-refractivity contribution < 1.29 is 9.84 Å². The predicted molar refractivity (Wildman–Crippen MR) is 68.5 cm³/mol. The van der Waals surface area contributed by atoms with Crippen LogP contribution in [0.15, 0.2) is 42.5 Å². The Kier molecular flexibility index (Phi) is 3.97. The third-order valence-corrected chi connectivity index (χ3v) is 3.49. The standard InChI is InChI=1S/C15H20O2/c1-11-8-9-14(12(2)15(11)16)17-10-13-6-4-3-5-7-13/h3-9,11-12,14-16H,10H2,1-2H3/t11-,12+,14+,15-/m0/s1. The van der Waals surface area contributed by atoms with Crippen LogP contribution in [0.5, 0.6) is 0 Å². The maximum Gasteiger partial charge on any atom is 0.0810 e. The Morgan fingerprint density at radius 3 is 2.53 bits per heavy atom. The van der Waals surface area contributed by atoms with Crippen molar-refractivity contribution in [1.29, 1.82) is 0 Å². The van der Waals surface area contributed by atoms with E-state index >= 15 is 0 Å². The average molecular weight is 232 g/mol. The molecular weight excluding hydrogens is 212 g/mol. The smallest absolute Gasteiger partial charge is 0.0810 e. The van der Waals surface area contributed by atoms with E-state index in [1.165, 1.54) is 5.56 Å². The normalized spacial score (nSPS) is 32.6. The van der Waals surface area contributed by atoms with E-state index in [4.69, 9.17) is 4.74 Å². The van der Waals surface area contributed by atoms with E-state index in [0.717, 1.165) is 0 Å². The zero-order valence-corrected chi connectivity index (χ0v) is 10.4. The van der Waals surface area contributed by atoms with Gasteiger partial charge in [-0.2, -0.15) is 0 Å². The third-order valence-electron chi connectivity index (χ3n) is 3.49. The molecule has 0 bridgehead atoms. The molecule has 0 aliphatic heterocycles. The molecule has 17 heavy (non-hydrogen) atoms. The summed E-state index contributed by atoms with van der Waals surface area (Å²) in [4.78, 5) is 0. The van der Waals surface area contributed by atoms with Crippen LogP contribution >= 0.6 is 0 Å². The lowest BCUT2D eigenvalue weighted by Gasteiger charge is -2.32. The van der Waals surface area contributed by atoms with E-state index in [-0.39, 0.29) is 24.0 Å². The molecule has 1 aliphatic carbocycles. The molecule has 1 aromatic rings. The van der Waals surface area contributed by atoms with E-state index in [0.29, 0.717) is 6.61 Å². The molecule has 2 rings (SSSR count). The van der Waals surface area contributed by atoms with Crippen LogP contribution < -0.4 is 0 Å². The van der Waals surface area contributed by atoms with Crippen molar-refractivity contribution in [3.63, 3.8) is 0 Å². The molecule has 1 N–H and O–H groups in total. The quantitative estimate of drug-likeness (QED) is 0.812. The molecule has 92 valence electrons. The minimum absolute atomic E-state index is 0.0152. The van der Waals surface area contributed by atoms with Gasteiger partial charge in [0.15, 0.2) is 0 Å². The molecule has 1 aliphatic rings. The Hall–Kier alpha value is -1.12. The van der Waals surface area contributed by atoms with Crippen molar-refractivity contribution in [2.24, 2.45) is 11.8 Å². The largest absolute Gasteiger partial charge is 0.392 e. The second kappa shape index (κ2) is 5.48. The Morgan fingerprint density at radius 1 is 1.12 bits per heavy atom. The first-order valence-electron chi connectivity index (χ1n) is 6.20. The van der Waals surface area contributed by atoms with Crippen LogP contribution in [0.2, 0.25) is 0 Å². The van der Waals surface area contributed by atoms with E-state index in [1.807, 2.05) is 38.1 Å². The van der Waals surface area contributed by atoms with Crippen molar-refractivity contribution in [3.05, 3.63) is 48.0 Å². The zero-order chi connectivity index (χ0) is 12.3. The molecule has 0 heterocycles. The molecule has 0 unspecified atom stereocenters. The van der Waals surface area contributed by atoms with Gasteiger partial charge in [0.25, 0.3) is 0 Å². The summed E-state index contributed by atoms with van der Waals surface area (Å²) < 4.78 is 5.85. The minimum Gasteiger partial charge on any atom is -0.392 e. The second-order valence-corrected chi connectivity index (χ2v) is 4.85. The first kappa shape index (κ1) is 12.3. The molecular formula is C15H20O2. The molecule has 0 amide bonds. The summed E-state index contributed by atoms with van der Waals surface area (Å²) in [6, 6.07) is 10.1. The Morgan fingerprint density at radius 2 is 1.82 bits per heavy atom. The third kappa shape index (κ3) is 2.96. The highest BCUT2D eigenvalue weighted by atomic mass is 16.5. The molecule has 2 nitrogen and oxygen atoms in total. The summed E-state index contributed by atoms with van der Waals surface area (Å²) in [5, 5.41) is 9.98. The monoisotopic (exact) mass is 232 g/mol. The Labute approximate surface area is 103 Å². The highest BCUT2D eigenvalue weighted by Crippen LogP contribution is 2.26. The van der Waals surface area contributed by atoms with Gasteiger partial charge in [0.2, 0.25) is 0 Å². The van der Waals surface area contributed by atoms with Crippen LogP contribution in [0.3, 0.4) is 0 Å². The molecule has 0 radical (unpaired) electrons. The number of hydrogen-bond acceptors (Lipinski definition) is 2. The van der Waals surface area contributed by atoms with Gasteiger partial charge in [-0.1, -0.05) is 56.3 Å². The first-order valence-corrected chi connectivity index (χ1v) is 6.20. The van der Waals surface area contributed by atoms with Crippen LogP contribution in [0.1, 0.15) is 19.4 Å². The second-order valence-electron chi connectivity index (χ2n) is 4.85. The van der Waals surface area contributed by atoms with Gasteiger partial charge in [-0.05, 0) is 5.56 Å². The molecule has 0 saturated carbocycles. The minimum atomic E-state index is -0.305. The summed E-state index contributed by atoms with van der Waals surface area (Å²) in [5.41, 5.74) is 1.17. The Balaban J connectivity index is 1.94. The van der Waals surface area contributed by atoms with Gasteiger partial charge in [-0.15, -0.1) is 0 Å². The fraction of sp³-hybridized carbons (Fsp3) is 0.467. The highest BCUT2D eigenvalue weighted by Gasteiger charge is 2.30. The maximum absolute atomic E-state index is 9.98. The maximum atomic E-state index is 9.98. The van der Waals surface area contributed by atoms with E-state index in [2.05, 4.69) is 18.2 Å². The summed E-state index contributed by atoms with van der Waals surface area (Å²) in [6.45, 7) is 4.67. The summed E-state index contributed by atoms with van der Waals surface area (Å²) in [6.07, 6.45) is 3.83. The zero-order valence-electron chi connectivity index (χ0n) is 10.4. The predicted octanol–water partition coefficient (Wildman–Crippen LogP) is 2.77. The van der Waals surface area contributed by atoms with Gasteiger partial charge in [-0.3, -0.25) is 0 Å². The summed E-state index contributed by atoms with van der Waals surface area (Å²) in [7, 11) is 0. The van der Waals surface area contributed by atoms with E-state index < -0.39 is 0 Å². The van der Waals surface area contributed by atoms with Crippen molar-refractivity contribution in [2.75, 3.05) is 0 Å². The first-order chi connectivity index (χ1) is 8.18. The number of aliphatic hydroxyl groups is 1. The van der Waals surface area contributed by atoms with Crippen molar-refractivity contribution >= 4 is 0 Å². The number of hydrogen-bond donors (Lipinski definition) is 1. The number of benzene rings is 1. The van der Waals surface area contributed by atoms with Gasteiger partial charge in [0.1, 0.15) is 0 Å². The van der Waals surface area contributed by atoms with Gasteiger partial charge in [-0.25, -0.2) is 0 Å². The highest BCUT2D eigenvalue weighted by molar-refractivity contribution is 5.14. The topological polar surface area (TPSA) is 29.5 Å². The van der Waals surface area contributed by atoms with Crippen LogP contribution in [0.25, 0.3) is 0 Å². The van der Waals surface area contributed by atoms with Crippen molar-refractivity contribution in [2.45, 2.75) is 32.7 Å². The lowest BCUT2D eigenvalue weighted by atomic mass is 9.84. The van der Waals surface area contributed by atoms with Gasteiger partial charge in [0, 0.05) is 11.8 Å². The summed E-state index contributed by atoms with van der Waals surface area (Å²) >= 11 is 0. The lowest BCUT2D eigenvalue weighted by molar-refractivity contribution is -0.0324. The van der Waals surface area contributed by atoms with E-state index in [1.54, 1.807) is 0 Å². The number of rotatable bonds is 3. The molecule has 2 heteroatoms. The summed E-state index contributed by atoms with van der Waals surface area (Å²) in [5.74, 6) is 0.375. The van der Waals surface area contributed by atoms with Gasteiger partial charge < -0.3 is 9.84 Å². The van der Waals surface area contributed by atoms with Crippen LogP contribution in [-0.4, -0.2) is 17.3 Å². The molecule has 0 fully saturated rings. The van der Waals surface area contributed by atoms with Gasteiger partial charge >= 0.3 is 0 Å². The molecule has 4 atom stereocenters. The van der Waals surface area contributed by atoms with Crippen LogP contribution in [0.4, 0.5) is 0 Å². The van der Waals surface area contributed by atoms with Crippen LogP contribution in [0, 0.1) is 11.8 Å². The molecule has 1 aromatic carbocycles. The molecule has 0 spiro atoms. The van der Waals surface area contributed by atoms with Gasteiger partial charge in [0.05, 0.1) is 18.8 Å². The van der Waals surface area contributed by atoms with Crippen molar-refractivity contribution in [3.8, 4) is 0 Å². The number of ether oxygens (including phenoxy) is 1. The molecule has 0 saturated heterocycles. The average Bonchev–Trinajstić information content (AvgIpc) is 2.36. The lowest BCUT2D eigenvalue weighted by Crippen LogP contribution is -2.37. The van der Waals surface area contributed by atoms with Crippen LogP contribution in [-0.2, 0) is 11.3 Å². The fourth-order valence-electron chi connectivity index (χ4n) is 2.22. The Bertz CT molecular complexity index is 372. The fourth-order valence-corrected chi connectivity index (χ4v) is 2.22. The van der Waals surface area contributed by atoms with Crippen molar-refractivity contribution in [1.82, 2.24) is 0 Å². The van der Waals surface area contributed by atoms with E-state index in [9.17, 15) is 5.11 Å². The number of aliphatic hydroxyl groups excluding tert-OH is 1. The molecule has 0 aromatic heterocycles.